The van der Waals surface area contributed by atoms with Crippen LogP contribution in [0.25, 0.3) is 0 Å². The summed E-state index contributed by atoms with van der Waals surface area (Å²) in [5.41, 5.74) is 12.2. The number of hydrogen-bond donors (Lipinski definition) is 2. The summed E-state index contributed by atoms with van der Waals surface area (Å²) in [5, 5.41) is 0. The Bertz CT molecular complexity index is 294. The van der Waals surface area contributed by atoms with E-state index in [-0.39, 0.29) is 11.4 Å². The number of aliphatic imine (C=N–C) groups is 1. The second-order valence-corrected chi connectivity index (χ2v) is 2.98. The van der Waals surface area contributed by atoms with E-state index in [2.05, 4.69) is 4.99 Å². The van der Waals surface area contributed by atoms with Crippen molar-refractivity contribution >= 4 is 11.7 Å². The molecule has 14 heavy (non-hydrogen) atoms. The Morgan fingerprint density at radius 2 is 2.29 bits per heavy atom. The zero-order valence-corrected chi connectivity index (χ0v) is 8.25. The fraction of sp³-hybridized carbons (Fsp3) is 0.556. The van der Waals surface area contributed by atoms with Gasteiger partial charge in [0.15, 0.2) is 0 Å². The van der Waals surface area contributed by atoms with Gasteiger partial charge in [0.05, 0.1) is 18.0 Å². The first-order chi connectivity index (χ1) is 6.66. The van der Waals surface area contributed by atoms with Crippen LogP contribution in [0.1, 0.15) is 19.8 Å². The second kappa shape index (κ2) is 4.64. The summed E-state index contributed by atoms with van der Waals surface area (Å²) >= 11 is 0. The molecule has 78 valence electrons. The molecular weight excluding hydrogens is 182 g/mol. The Morgan fingerprint density at radius 1 is 1.57 bits per heavy atom. The first kappa shape index (κ1) is 10.6. The van der Waals surface area contributed by atoms with Crippen molar-refractivity contribution in [3.05, 3.63) is 11.4 Å². The van der Waals surface area contributed by atoms with Crippen molar-refractivity contribution in [2.75, 3.05) is 13.2 Å². The molecule has 5 heteroatoms. The molecule has 0 saturated carbocycles. The number of carbonyl (C=O) groups excluding carboxylic acids is 1. The molecule has 0 spiro atoms. The van der Waals surface area contributed by atoms with Gasteiger partial charge in [0.2, 0.25) is 0 Å². The molecule has 1 aliphatic heterocycles. The molecule has 0 aromatic rings. The summed E-state index contributed by atoms with van der Waals surface area (Å²) in [5.74, 6) is -0.570. The van der Waals surface area contributed by atoms with Gasteiger partial charge in [-0.05, 0) is 19.8 Å². The Hall–Kier alpha value is -1.52. The highest BCUT2D eigenvalue weighted by atomic mass is 16.5. The van der Waals surface area contributed by atoms with Crippen LogP contribution in [0.15, 0.2) is 16.4 Å². The first-order valence-electron chi connectivity index (χ1n) is 4.62. The lowest BCUT2D eigenvalue weighted by Crippen LogP contribution is -2.24. The van der Waals surface area contributed by atoms with Gasteiger partial charge in [-0.1, -0.05) is 0 Å². The van der Waals surface area contributed by atoms with Crippen molar-refractivity contribution in [1.82, 2.24) is 0 Å². The minimum absolute atomic E-state index is 0.0347. The molecule has 0 amide bonds. The molecular formula is C9H15N3O2. The lowest BCUT2D eigenvalue weighted by Gasteiger charge is -2.06. The fourth-order valence-corrected chi connectivity index (χ4v) is 1.23. The highest BCUT2D eigenvalue weighted by Gasteiger charge is 2.16. The second-order valence-electron chi connectivity index (χ2n) is 2.98. The Balaban J connectivity index is 2.76. The van der Waals surface area contributed by atoms with Gasteiger partial charge in [-0.15, -0.1) is 0 Å². The van der Waals surface area contributed by atoms with Crippen LogP contribution in [0.3, 0.4) is 0 Å². The Kier molecular flexibility index (Phi) is 3.50. The van der Waals surface area contributed by atoms with Gasteiger partial charge in [-0.25, -0.2) is 4.79 Å². The van der Waals surface area contributed by atoms with E-state index in [4.69, 9.17) is 16.2 Å². The molecule has 0 aromatic heterocycles. The van der Waals surface area contributed by atoms with Crippen LogP contribution in [0.4, 0.5) is 0 Å². The van der Waals surface area contributed by atoms with E-state index in [1.54, 1.807) is 6.92 Å². The van der Waals surface area contributed by atoms with Crippen LogP contribution in [-0.4, -0.2) is 24.8 Å². The molecule has 0 aliphatic carbocycles. The van der Waals surface area contributed by atoms with Gasteiger partial charge < -0.3 is 16.2 Å². The van der Waals surface area contributed by atoms with Crippen molar-refractivity contribution in [2.24, 2.45) is 16.5 Å². The quantitative estimate of drug-likeness (QED) is 0.488. The average Bonchev–Trinajstić information content (AvgIpc) is 2.68. The van der Waals surface area contributed by atoms with Crippen molar-refractivity contribution in [2.45, 2.75) is 19.8 Å². The maximum Gasteiger partial charge on any atom is 0.356 e. The van der Waals surface area contributed by atoms with Gasteiger partial charge in [0.25, 0.3) is 0 Å². The van der Waals surface area contributed by atoms with Crippen LogP contribution < -0.4 is 11.5 Å². The van der Waals surface area contributed by atoms with E-state index in [0.29, 0.717) is 6.61 Å². The number of ether oxygens (including phenoxy) is 1. The number of carbonyl (C=O) groups is 1. The summed E-state index contributed by atoms with van der Waals surface area (Å²) in [4.78, 5) is 15.3. The number of hydrogen-bond acceptors (Lipinski definition) is 5. The molecule has 0 bridgehead atoms. The van der Waals surface area contributed by atoms with Crippen LogP contribution in [0.2, 0.25) is 0 Å². The SMILES string of the molecule is CCOC(=O)/C(N)=C(\N)C1=NCCC1. The maximum atomic E-state index is 11.2. The average molecular weight is 197 g/mol. The van der Waals surface area contributed by atoms with Crippen molar-refractivity contribution in [3.63, 3.8) is 0 Å². The minimum Gasteiger partial charge on any atom is -0.461 e. The van der Waals surface area contributed by atoms with Crippen molar-refractivity contribution < 1.29 is 9.53 Å². The minimum atomic E-state index is -0.570. The molecule has 4 N–H and O–H groups in total. The highest BCUT2D eigenvalue weighted by molar-refractivity contribution is 6.06. The summed E-state index contributed by atoms with van der Waals surface area (Å²) in [6.07, 6.45) is 1.75. The van der Waals surface area contributed by atoms with E-state index in [9.17, 15) is 4.79 Å². The predicted octanol–water partition coefficient (Wildman–Crippen LogP) is -0.0867. The van der Waals surface area contributed by atoms with Crippen LogP contribution in [0.5, 0.6) is 0 Å². The number of nitrogens with zero attached hydrogens (tertiary/aromatic N) is 1. The molecule has 0 unspecified atom stereocenters. The molecule has 0 atom stereocenters. The third-order valence-corrected chi connectivity index (χ3v) is 1.97. The number of rotatable bonds is 3. The van der Waals surface area contributed by atoms with Crippen molar-refractivity contribution in [3.8, 4) is 0 Å². The standard InChI is InChI=1S/C9H15N3O2/c1-2-14-9(13)8(11)7(10)6-4-3-5-12-6/h2-5,10-11H2,1H3/b8-7+. The normalized spacial score (nSPS) is 17.4. The Morgan fingerprint density at radius 3 is 2.79 bits per heavy atom. The molecule has 0 aromatic carbocycles. The molecule has 0 saturated heterocycles. The maximum absolute atomic E-state index is 11.2. The van der Waals surface area contributed by atoms with E-state index in [0.717, 1.165) is 25.1 Å². The largest absolute Gasteiger partial charge is 0.461 e. The first-order valence-corrected chi connectivity index (χ1v) is 4.62. The van der Waals surface area contributed by atoms with Crippen LogP contribution in [0, 0.1) is 0 Å². The van der Waals surface area contributed by atoms with E-state index in [1.165, 1.54) is 0 Å². The molecule has 0 radical (unpaired) electrons. The van der Waals surface area contributed by atoms with Crippen LogP contribution >= 0.6 is 0 Å². The lowest BCUT2D eigenvalue weighted by molar-refractivity contribution is -0.138. The zero-order valence-electron chi connectivity index (χ0n) is 8.25. The molecule has 5 nitrogen and oxygen atoms in total. The zero-order chi connectivity index (χ0) is 10.6. The number of allylic oxidation sites excluding steroid dienone is 1. The lowest BCUT2D eigenvalue weighted by atomic mass is 10.2. The molecule has 1 heterocycles. The van der Waals surface area contributed by atoms with Gasteiger partial charge in [-0.2, -0.15) is 0 Å². The van der Waals surface area contributed by atoms with Gasteiger partial charge in [-0.3, -0.25) is 4.99 Å². The summed E-state index contributed by atoms with van der Waals surface area (Å²) < 4.78 is 4.73. The summed E-state index contributed by atoms with van der Waals surface area (Å²) in [6.45, 7) is 2.76. The Labute approximate surface area is 82.8 Å². The third-order valence-electron chi connectivity index (χ3n) is 1.97. The summed E-state index contributed by atoms with van der Waals surface area (Å²) in [7, 11) is 0. The monoisotopic (exact) mass is 197 g/mol. The van der Waals surface area contributed by atoms with Gasteiger partial charge in [0.1, 0.15) is 5.70 Å². The molecule has 1 aliphatic rings. The number of nitrogens with two attached hydrogens (primary N) is 2. The topological polar surface area (TPSA) is 90.7 Å². The van der Waals surface area contributed by atoms with E-state index in [1.807, 2.05) is 0 Å². The van der Waals surface area contributed by atoms with Gasteiger partial charge >= 0.3 is 5.97 Å². The smallest absolute Gasteiger partial charge is 0.356 e. The fourth-order valence-electron chi connectivity index (χ4n) is 1.23. The molecule has 0 fully saturated rings. The van der Waals surface area contributed by atoms with Gasteiger partial charge in [0, 0.05) is 6.54 Å². The van der Waals surface area contributed by atoms with Crippen LogP contribution in [-0.2, 0) is 9.53 Å². The summed E-state index contributed by atoms with van der Waals surface area (Å²) in [6, 6.07) is 0. The van der Waals surface area contributed by atoms with Crippen molar-refractivity contribution in [1.29, 1.82) is 0 Å². The van der Waals surface area contributed by atoms with E-state index >= 15 is 0 Å². The predicted molar refractivity (Wildman–Crippen MR) is 53.6 cm³/mol. The molecule has 1 rings (SSSR count). The number of esters is 1. The third kappa shape index (κ3) is 2.25. The van der Waals surface area contributed by atoms with E-state index < -0.39 is 5.97 Å². The highest BCUT2D eigenvalue weighted by Crippen LogP contribution is 2.10.